The average molecular weight is 253 g/mol. The first-order chi connectivity index (χ1) is 8.70. The maximum absolute atomic E-state index is 10.9. The number of hydrogen-bond donors (Lipinski definition) is 2. The number of aliphatic hydroxyl groups is 1. The van der Waals surface area contributed by atoms with Crippen molar-refractivity contribution in [3.05, 3.63) is 23.8 Å². The van der Waals surface area contributed by atoms with Gasteiger partial charge in [-0.3, -0.25) is 4.79 Å². The van der Waals surface area contributed by atoms with Crippen LogP contribution in [-0.4, -0.2) is 38.1 Å². The third-order valence-electron chi connectivity index (χ3n) is 2.62. The topological polar surface area (TPSA) is 77.0 Å². The molecule has 1 unspecified atom stereocenters. The van der Waals surface area contributed by atoms with Gasteiger partial charge in [-0.25, -0.2) is 0 Å². The Morgan fingerprint density at radius 2 is 2.28 bits per heavy atom. The molecule has 0 fully saturated rings. The molecule has 0 saturated carbocycles. The van der Waals surface area contributed by atoms with E-state index in [4.69, 9.17) is 9.47 Å². The van der Waals surface area contributed by atoms with Crippen LogP contribution in [0, 0.1) is 0 Å². The van der Waals surface area contributed by atoms with E-state index in [1.54, 1.807) is 18.2 Å². The molecule has 0 bridgehead atoms. The molecule has 1 aliphatic rings. The molecular formula is C12H15NO5. The van der Waals surface area contributed by atoms with Crippen LogP contribution in [0.2, 0.25) is 0 Å². The highest BCUT2D eigenvalue weighted by molar-refractivity contribution is 5.71. The largest absolute Gasteiger partial charge is 0.468 e. The van der Waals surface area contributed by atoms with Crippen molar-refractivity contribution in [1.82, 2.24) is 5.32 Å². The molecule has 0 radical (unpaired) electrons. The highest BCUT2D eigenvalue weighted by Gasteiger charge is 2.16. The van der Waals surface area contributed by atoms with Crippen molar-refractivity contribution in [2.75, 3.05) is 27.0 Å². The molecule has 6 heteroatoms. The summed E-state index contributed by atoms with van der Waals surface area (Å²) < 4.78 is 14.9. The van der Waals surface area contributed by atoms with Crippen LogP contribution in [0.25, 0.3) is 0 Å². The summed E-state index contributed by atoms with van der Waals surface area (Å²) in [7, 11) is 1.32. The van der Waals surface area contributed by atoms with Gasteiger partial charge in [0, 0.05) is 6.54 Å². The van der Waals surface area contributed by atoms with Gasteiger partial charge in [0.1, 0.15) is 0 Å². The van der Waals surface area contributed by atoms with Crippen molar-refractivity contribution in [2.24, 2.45) is 0 Å². The number of aliphatic hydroxyl groups excluding tert-OH is 1. The second kappa shape index (κ2) is 5.70. The predicted molar refractivity (Wildman–Crippen MR) is 62.4 cm³/mol. The van der Waals surface area contributed by atoms with Crippen LogP contribution in [-0.2, 0) is 9.53 Å². The average Bonchev–Trinajstić information content (AvgIpc) is 2.85. The van der Waals surface area contributed by atoms with E-state index in [0.717, 1.165) is 0 Å². The molecule has 0 spiro atoms. The summed E-state index contributed by atoms with van der Waals surface area (Å²) in [6, 6.07) is 5.24. The number of nitrogens with one attached hydrogen (secondary N) is 1. The van der Waals surface area contributed by atoms with E-state index in [-0.39, 0.29) is 25.9 Å². The van der Waals surface area contributed by atoms with Gasteiger partial charge in [0.15, 0.2) is 11.5 Å². The van der Waals surface area contributed by atoms with Crippen LogP contribution < -0.4 is 14.8 Å². The van der Waals surface area contributed by atoms with Gasteiger partial charge in [-0.15, -0.1) is 0 Å². The minimum Gasteiger partial charge on any atom is -0.468 e. The summed E-state index contributed by atoms with van der Waals surface area (Å²) in [6.45, 7) is 0.530. The van der Waals surface area contributed by atoms with Gasteiger partial charge in [-0.1, -0.05) is 6.07 Å². The van der Waals surface area contributed by atoms with E-state index >= 15 is 0 Å². The van der Waals surface area contributed by atoms with Crippen LogP contribution in [0.5, 0.6) is 11.5 Å². The van der Waals surface area contributed by atoms with E-state index in [2.05, 4.69) is 10.1 Å². The van der Waals surface area contributed by atoms with E-state index in [1.165, 1.54) is 7.11 Å². The quantitative estimate of drug-likeness (QED) is 0.731. The van der Waals surface area contributed by atoms with Crippen molar-refractivity contribution in [1.29, 1.82) is 0 Å². The van der Waals surface area contributed by atoms with Crippen molar-refractivity contribution in [3.8, 4) is 11.5 Å². The fourth-order valence-corrected chi connectivity index (χ4v) is 1.62. The Labute approximate surface area is 104 Å². The maximum atomic E-state index is 10.9. The van der Waals surface area contributed by atoms with E-state index in [9.17, 15) is 9.90 Å². The van der Waals surface area contributed by atoms with Crippen LogP contribution in [0.3, 0.4) is 0 Å². The van der Waals surface area contributed by atoms with Gasteiger partial charge in [0.25, 0.3) is 0 Å². The van der Waals surface area contributed by atoms with Crippen molar-refractivity contribution in [3.63, 3.8) is 0 Å². The Morgan fingerprint density at radius 1 is 1.50 bits per heavy atom. The summed E-state index contributed by atoms with van der Waals surface area (Å²) in [5, 5.41) is 12.7. The lowest BCUT2D eigenvalue weighted by molar-refractivity contribution is -0.139. The zero-order valence-electron chi connectivity index (χ0n) is 10.0. The van der Waals surface area contributed by atoms with Gasteiger partial charge in [0.05, 0.1) is 19.8 Å². The van der Waals surface area contributed by atoms with Gasteiger partial charge >= 0.3 is 5.97 Å². The number of carbonyl (C=O) groups is 1. The van der Waals surface area contributed by atoms with Gasteiger partial charge in [-0.2, -0.15) is 0 Å². The fraction of sp³-hybridized carbons (Fsp3) is 0.417. The molecule has 1 aliphatic heterocycles. The lowest BCUT2D eigenvalue weighted by Crippen LogP contribution is -2.28. The number of rotatable bonds is 5. The van der Waals surface area contributed by atoms with Crippen LogP contribution in [0.4, 0.5) is 0 Å². The number of benzene rings is 1. The zero-order valence-corrected chi connectivity index (χ0v) is 10.0. The minimum absolute atomic E-state index is 0.0676. The van der Waals surface area contributed by atoms with E-state index in [0.29, 0.717) is 17.1 Å². The molecule has 0 saturated heterocycles. The summed E-state index contributed by atoms with van der Waals surface area (Å²) in [6.07, 6.45) is -0.718. The third-order valence-corrected chi connectivity index (χ3v) is 2.62. The zero-order chi connectivity index (χ0) is 13.0. The molecule has 1 atom stereocenters. The number of fused-ring (bicyclic) bond motifs is 1. The number of methoxy groups -OCH3 is 1. The minimum atomic E-state index is -0.718. The molecule has 0 aromatic heterocycles. The lowest BCUT2D eigenvalue weighted by Gasteiger charge is -2.12. The molecule has 2 N–H and O–H groups in total. The molecule has 0 amide bonds. The Hall–Kier alpha value is -1.79. The molecule has 2 rings (SSSR count). The smallest absolute Gasteiger partial charge is 0.319 e. The normalized spacial score (nSPS) is 14.3. The lowest BCUT2D eigenvalue weighted by atomic mass is 10.1. The van der Waals surface area contributed by atoms with E-state index in [1.807, 2.05) is 0 Å². The maximum Gasteiger partial charge on any atom is 0.319 e. The molecule has 1 heterocycles. The molecule has 1 aromatic carbocycles. The third kappa shape index (κ3) is 2.91. The molecular weight excluding hydrogens is 238 g/mol. The molecule has 18 heavy (non-hydrogen) atoms. The first kappa shape index (κ1) is 12.7. The number of ether oxygens (including phenoxy) is 3. The Morgan fingerprint density at radius 3 is 3.06 bits per heavy atom. The van der Waals surface area contributed by atoms with Gasteiger partial charge in [-0.05, 0) is 17.7 Å². The van der Waals surface area contributed by atoms with Crippen LogP contribution in [0.15, 0.2) is 18.2 Å². The summed E-state index contributed by atoms with van der Waals surface area (Å²) in [5.41, 5.74) is 0.705. The highest BCUT2D eigenvalue weighted by Crippen LogP contribution is 2.33. The molecule has 98 valence electrons. The van der Waals surface area contributed by atoms with Gasteiger partial charge in [0.2, 0.25) is 6.79 Å². The second-order valence-corrected chi connectivity index (χ2v) is 3.84. The Bertz CT molecular complexity index is 434. The first-order valence-electron chi connectivity index (χ1n) is 5.56. The Balaban J connectivity index is 1.89. The molecule has 1 aromatic rings. The standard InChI is InChI=1S/C12H15NO5/c1-16-12(15)6-13-5-9(14)8-2-3-10-11(4-8)18-7-17-10/h2-4,9,13-14H,5-7H2,1H3. The number of esters is 1. The van der Waals surface area contributed by atoms with Crippen molar-refractivity contribution in [2.45, 2.75) is 6.10 Å². The first-order valence-corrected chi connectivity index (χ1v) is 5.56. The predicted octanol–water partition coefficient (Wildman–Crippen LogP) is 0.211. The number of carbonyl (C=O) groups excluding carboxylic acids is 1. The summed E-state index contributed by atoms with van der Waals surface area (Å²) >= 11 is 0. The molecule has 6 nitrogen and oxygen atoms in total. The SMILES string of the molecule is COC(=O)CNCC(O)c1ccc2c(c1)OCO2. The second-order valence-electron chi connectivity index (χ2n) is 3.84. The Kier molecular flexibility index (Phi) is 4.01. The van der Waals surface area contributed by atoms with Gasteiger partial charge < -0.3 is 24.6 Å². The number of hydrogen-bond acceptors (Lipinski definition) is 6. The monoisotopic (exact) mass is 253 g/mol. The fourth-order valence-electron chi connectivity index (χ4n) is 1.62. The summed E-state index contributed by atoms with van der Waals surface area (Å²) in [4.78, 5) is 10.9. The van der Waals surface area contributed by atoms with Crippen molar-refractivity contribution >= 4 is 5.97 Å². The van der Waals surface area contributed by atoms with Crippen molar-refractivity contribution < 1.29 is 24.1 Å². The summed E-state index contributed by atoms with van der Waals surface area (Å²) in [5.74, 6) is 0.931. The molecule has 0 aliphatic carbocycles. The van der Waals surface area contributed by atoms with E-state index < -0.39 is 6.10 Å². The highest BCUT2D eigenvalue weighted by atomic mass is 16.7. The van der Waals surface area contributed by atoms with Crippen LogP contribution >= 0.6 is 0 Å². The van der Waals surface area contributed by atoms with Crippen LogP contribution in [0.1, 0.15) is 11.7 Å².